The van der Waals surface area contributed by atoms with Crippen LogP contribution in [0.5, 0.6) is 0 Å². The standard InChI is InChI=1S/C18H32N2O6/c1-17(2,3)26-16(22)20-8-6-7-19(9-10-20)11-12-13(21)14-15(23-12)25-18(4,5)24-14/h12-15,21H,6-11H2,1-5H3/t12-,13+,14-,15-/m0/s1. The van der Waals surface area contributed by atoms with Crippen LogP contribution >= 0.6 is 0 Å². The van der Waals surface area contributed by atoms with Gasteiger partial charge in [0.05, 0.1) is 0 Å². The molecule has 3 aliphatic rings. The lowest BCUT2D eigenvalue weighted by atomic mass is 10.1. The zero-order chi connectivity index (χ0) is 19.1. The van der Waals surface area contributed by atoms with Crippen molar-refractivity contribution in [2.24, 2.45) is 0 Å². The second-order valence-corrected chi connectivity index (χ2v) is 8.76. The van der Waals surface area contributed by atoms with Crippen LogP contribution in [0.3, 0.4) is 0 Å². The summed E-state index contributed by atoms with van der Waals surface area (Å²) >= 11 is 0. The smallest absolute Gasteiger partial charge is 0.410 e. The highest BCUT2D eigenvalue weighted by Crippen LogP contribution is 2.37. The van der Waals surface area contributed by atoms with Crippen LogP contribution < -0.4 is 0 Å². The Morgan fingerprint density at radius 2 is 1.92 bits per heavy atom. The first-order valence-electron chi connectivity index (χ1n) is 9.43. The minimum absolute atomic E-state index is 0.268. The van der Waals surface area contributed by atoms with Gasteiger partial charge >= 0.3 is 6.09 Å². The van der Waals surface area contributed by atoms with Crippen LogP contribution in [0.1, 0.15) is 41.0 Å². The maximum Gasteiger partial charge on any atom is 0.410 e. The molecule has 3 fully saturated rings. The van der Waals surface area contributed by atoms with Crippen molar-refractivity contribution in [3.05, 3.63) is 0 Å². The Balaban J connectivity index is 1.49. The Morgan fingerprint density at radius 3 is 2.58 bits per heavy atom. The highest BCUT2D eigenvalue weighted by molar-refractivity contribution is 5.68. The fourth-order valence-electron chi connectivity index (χ4n) is 3.63. The van der Waals surface area contributed by atoms with Crippen LogP contribution in [-0.4, -0.2) is 89.7 Å². The number of carbonyl (C=O) groups excluding carboxylic acids is 1. The molecule has 0 radical (unpaired) electrons. The van der Waals surface area contributed by atoms with E-state index in [4.69, 9.17) is 18.9 Å². The number of aliphatic hydroxyl groups excluding tert-OH is 1. The fraction of sp³-hybridized carbons (Fsp3) is 0.944. The van der Waals surface area contributed by atoms with Crippen molar-refractivity contribution in [3.8, 4) is 0 Å². The van der Waals surface area contributed by atoms with E-state index < -0.39 is 29.9 Å². The molecule has 0 aliphatic carbocycles. The van der Waals surface area contributed by atoms with E-state index in [0.29, 0.717) is 26.2 Å². The third-order valence-electron chi connectivity index (χ3n) is 4.79. The molecule has 0 saturated carbocycles. The first-order chi connectivity index (χ1) is 12.0. The van der Waals surface area contributed by atoms with E-state index in [1.54, 1.807) is 4.90 Å². The highest BCUT2D eigenvalue weighted by Gasteiger charge is 2.54. The van der Waals surface area contributed by atoms with Crippen LogP contribution in [0.25, 0.3) is 0 Å². The molecule has 1 amide bonds. The first-order valence-corrected chi connectivity index (χ1v) is 9.43. The summed E-state index contributed by atoms with van der Waals surface area (Å²) in [6.45, 7) is 12.7. The topological polar surface area (TPSA) is 80.7 Å². The summed E-state index contributed by atoms with van der Waals surface area (Å²) in [6, 6.07) is 0. The van der Waals surface area contributed by atoms with Crippen molar-refractivity contribution in [2.75, 3.05) is 32.7 Å². The van der Waals surface area contributed by atoms with Crippen LogP contribution in [0.4, 0.5) is 4.79 Å². The summed E-state index contributed by atoms with van der Waals surface area (Å²) in [4.78, 5) is 16.2. The number of fused-ring (bicyclic) bond motifs is 1. The van der Waals surface area contributed by atoms with Crippen molar-refractivity contribution in [1.82, 2.24) is 9.80 Å². The number of hydrogen-bond acceptors (Lipinski definition) is 7. The molecule has 4 atom stereocenters. The quantitative estimate of drug-likeness (QED) is 0.779. The third-order valence-corrected chi connectivity index (χ3v) is 4.79. The monoisotopic (exact) mass is 372 g/mol. The van der Waals surface area contributed by atoms with Crippen molar-refractivity contribution in [2.45, 2.75) is 77.0 Å². The van der Waals surface area contributed by atoms with E-state index in [9.17, 15) is 9.90 Å². The van der Waals surface area contributed by atoms with Gasteiger partial charge < -0.3 is 29.0 Å². The molecule has 0 aromatic heterocycles. The van der Waals surface area contributed by atoms with Crippen LogP contribution in [0.2, 0.25) is 0 Å². The molecule has 8 nitrogen and oxygen atoms in total. The Kier molecular flexibility index (Phi) is 5.52. The number of ether oxygens (including phenoxy) is 4. The lowest BCUT2D eigenvalue weighted by Gasteiger charge is -2.28. The van der Waals surface area contributed by atoms with Crippen LogP contribution in [-0.2, 0) is 18.9 Å². The number of carbonyl (C=O) groups is 1. The molecule has 0 bridgehead atoms. The lowest BCUT2D eigenvalue weighted by molar-refractivity contribution is -0.216. The molecular formula is C18H32N2O6. The second-order valence-electron chi connectivity index (χ2n) is 8.76. The normalized spacial score (nSPS) is 35.2. The van der Waals surface area contributed by atoms with Crippen molar-refractivity contribution >= 4 is 6.09 Å². The van der Waals surface area contributed by atoms with Crippen molar-refractivity contribution in [1.29, 1.82) is 0 Å². The Hall–Kier alpha value is -0.930. The molecular weight excluding hydrogens is 340 g/mol. The van der Waals surface area contributed by atoms with Crippen LogP contribution in [0.15, 0.2) is 0 Å². The molecule has 3 heterocycles. The van der Waals surface area contributed by atoms with E-state index in [1.165, 1.54) is 0 Å². The maximum absolute atomic E-state index is 12.3. The van der Waals surface area contributed by atoms with Crippen LogP contribution in [0, 0.1) is 0 Å². The van der Waals surface area contributed by atoms with Gasteiger partial charge in [0.25, 0.3) is 0 Å². The number of rotatable bonds is 2. The first kappa shape index (κ1) is 19.8. The molecule has 1 N–H and O–H groups in total. The minimum atomic E-state index is -0.724. The zero-order valence-corrected chi connectivity index (χ0v) is 16.4. The van der Waals surface area contributed by atoms with E-state index in [0.717, 1.165) is 13.0 Å². The van der Waals surface area contributed by atoms with E-state index in [2.05, 4.69) is 4.90 Å². The summed E-state index contributed by atoms with van der Waals surface area (Å²) < 4.78 is 22.8. The molecule has 3 rings (SSSR count). The van der Waals surface area contributed by atoms with Gasteiger partial charge in [-0.25, -0.2) is 4.79 Å². The summed E-state index contributed by atoms with van der Waals surface area (Å²) in [5, 5.41) is 10.5. The average Bonchev–Trinajstić information content (AvgIpc) is 2.82. The van der Waals surface area contributed by atoms with Crippen molar-refractivity contribution < 1.29 is 28.8 Å². The van der Waals surface area contributed by atoms with Gasteiger partial charge in [-0.15, -0.1) is 0 Å². The number of hydrogen-bond donors (Lipinski definition) is 1. The molecule has 3 saturated heterocycles. The third kappa shape index (κ3) is 4.67. The van der Waals surface area contributed by atoms with E-state index in [-0.39, 0.29) is 12.2 Å². The van der Waals surface area contributed by atoms with Gasteiger partial charge in [-0.2, -0.15) is 0 Å². The molecule has 3 aliphatic heterocycles. The number of nitrogens with zero attached hydrogens (tertiary/aromatic N) is 2. The van der Waals surface area contributed by atoms with Gasteiger partial charge in [0.1, 0.15) is 23.9 Å². The maximum atomic E-state index is 12.3. The van der Waals surface area contributed by atoms with Gasteiger partial charge in [0.15, 0.2) is 12.1 Å². The molecule has 8 heteroatoms. The van der Waals surface area contributed by atoms with E-state index >= 15 is 0 Å². The predicted molar refractivity (Wildman–Crippen MR) is 93.6 cm³/mol. The van der Waals surface area contributed by atoms with Crippen molar-refractivity contribution in [3.63, 3.8) is 0 Å². The largest absolute Gasteiger partial charge is 0.444 e. The Bertz CT molecular complexity index is 520. The Labute approximate surface area is 155 Å². The summed E-state index contributed by atoms with van der Waals surface area (Å²) in [7, 11) is 0. The van der Waals surface area contributed by atoms with Gasteiger partial charge in [0, 0.05) is 32.7 Å². The van der Waals surface area contributed by atoms with Gasteiger partial charge in [-0.05, 0) is 41.0 Å². The summed E-state index contributed by atoms with van der Waals surface area (Å²) in [5.41, 5.74) is -0.490. The molecule has 150 valence electrons. The Morgan fingerprint density at radius 1 is 1.19 bits per heavy atom. The van der Waals surface area contributed by atoms with Gasteiger partial charge in [0.2, 0.25) is 0 Å². The molecule has 0 spiro atoms. The SMILES string of the molecule is CC(C)(C)OC(=O)N1CCCN(C[C@@H]2O[C@H]3OC(C)(C)O[C@H]3[C@@H]2O)CC1. The fourth-order valence-corrected chi connectivity index (χ4v) is 3.63. The summed E-state index contributed by atoms with van der Waals surface area (Å²) in [5.74, 6) is -0.724. The average molecular weight is 372 g/mol. The highest BCUT2D eigenvalue weighted by atomic mass is 16.8. The lowest BCUT2D eigenvalue weighted by Crippen LogP contribution is -2.43. The molecule has 0 aromatic rings. The summed E-state index contributed by atoms with van der Waals surface area (Å²) in [6.07, 6.45) is -1.44. The second kappa shape index (κ2) is 7.24. The van der Waals surface area contributed by atoms with E-state index in [1.807, 2.05) is 34.6 Å². The number of amides is 1. The predicted octanol–water partition coefficient (Wildman–Crippen LogP) is 1.17. The minimum Gasteiger partial charge on any atom is -0.444 e. The molecule has 0 aromatic carbocycles. The molecule has 26 heavy (non-hydrogen) atoms. The van der Waals surface area contributed by atoms with Gasteiger partial charge in [-0.3, -0.25) is 4.90 Å². The number of aliphatic hydroxyl groups is 1. The zero-order valence-electron chi connectivity index (χ0n) is 16.4. The van der Waals surface area contributed by atoms with Gasteiger partial charge in [-0.1, -0.05) is 0 Å². The molecule has 0 unspecified atom stereocenters.